The molecule has 0 amide bonds. The van der Waals surface area contributed by atoms with Gasteiger partial charge in [0.15, 0.2) is 5.16 Å². The van der Waals surface area contributed by atoms with E-state index < -0.39 is 16.4 Å². The smallest absolute Gasteiger partial charge is 0.306 e. The molecule has 0 bridgehead atoms. The van der Waals surface area contributed by atoms with Gasteiger partial charge in [-0.05, 0) is 26.7 Å². The van der Waals surface area contributed by atoms with Crippen molar-refractivity contribution in [3.05, 3.63) is 12.4 Å². The highest BCUT2D eigenvalue weighted by molar-refractivity contribution is 7.84. The number of hydrogen-bond acceptors (Lipinski definition) is 4. The van der Waals surface area contributed by atoms with E-state index in [2.05, 4.69) is 4.98 Å². The van der Waals surface area contributed by atoms with Crippen molar-refractivity contribution in [3.63, 3.8) is 0 Å². The van der Waals surface area contributed by atoms with E-state index in [9.17, 15) is 9.00 Å². The number of hydrogen-bond donors (Lipinski definition) is 0. The van der Waals surface area contributed by atoms with Gasteiger partial charge in [-0.2, -0.15) is 0 Å². The summed E-state index contributed by atoms with van der Waals surface area (Å²) < 4.78 is 19.1. The van der Waals surface area contributed by atoms with Crippen LogP contribution >= 0.6 is 0 Å². The summed E-state index contributed by atoms with van der Waals surface area (Å²) in [4.78, 5) is 15.7. The van der Waals surface area contributed by atoms with Crippen molar-refractivity contribution in [2.75, 3.05) is 5.75 Å². The molecule has 2 atom stereocenters. The van der Waals surface area contributed by atoms with Crippen LogP contribution < -0.4 is 0 Å². The van der Waals surface area contributed by atoms with Crippen LogP contribution in [0.5, 0.6) is 0 Å². The molecule has 1 unspecified atom stereocenters. The van der Waals surface area contributed by atoms with E-state index in [0.29, 0.717) is 10.9 Å². The van der Waals surface area contributed by atoms with Crippen LogP contribution in [-0.4, -0.2) is 31.1 Å². The molecule has 1 rings (SSSR count). The van der Waals surface area contributed by atoms with E-state index in [-0.39, 0.29) is 18.3 Å². The molecular weight excluding hydrogens is 264 g/mol. The molecule has 1 heterocycles. The summed E-state index contributed by atoms with van der Waals surface area (Å²) in [5.74, 6) is 0.147. The molecule has 0 radical (unpaired) electrons. The number of ether oxygens (including phenoxy) is 1. The summed E-state index contributed by atoms with van der Waals surface area (Å²) in [6.07, 6.45) is 3.64. The molecule has 1 aromatic heterocycles. The molecule has 0 spiro atoms. The number of carbonyl (C=O) groups excluding carboxylic acids is 1. The van der Waals surface area contributed by atoms with Gasteiger partial charge < -0.3 is 9.30 Å². The second kappa shape index (κ2) is 6.32. The molecule has 6 heteroatoms. The largest absolute Gasteiger partial charge is 0.460 e. The summed E-state index contributed by atoms with van der Waals surface area (Å²) in [5, 5.41) is 0.538. The van der Waals surface area contributed by atoms with Crippen molar-refractivity contribution < 1.29 is 13.7 Å². The van der Waals surface area contributed by atoms with Crippen molar-refractivity contribution in [1.29, 1.82) is 0 Å². The van der Waals surface area contributed by atoms with Gasteiger partial charge in [-0.15, -0.1) is 0 Å². The van der Waals surface area contributed by atoms with Gasteiger partial charge in [0.25, 0.3) is 0 Å². The minimum absolute atomic E-state index is 0.00705. The lowest BCUT2D eigenvalue weighted by atomic mass is 10.1. The third-order valence-corrected chi connectivity index (χ3v) is 4.02. The van der Waals surface area contributed by atoms with Gasteiger partial charge >= 0.3 is 5.97 Å². The maximum atomic E-state index is 12.1. The molecule has 108 valence electrons. The van der Waals surface area contributed by atoms with Crippen molar-refractivity contribution in [3.8, 4) is 0 Å². The highest BCUT2D eigenvalue weighted by Gasteiger charge is 2.20. The Morgan fingerprint density at radius 1 is 1.53 bits per heavy atom. The Bertz CT molecular complexity index is 463. The standard InChI is InChI=1S/C13H22N2O3S/c1-10(8-11(16)18-13(2,3)4)9-19(17)12-14-6-7-15(12)5/h6-7,10H,8-9H2,1-5H3/t10-,19?/m1/s1. The van der Waals surface area contributed by atoms with Gasteiger partial charge in [0, 0.05) is 31.6 Å². The molecule has 0 N–H and O–H groups in total. The number of aryl methyl sites for hydroxylation is 1. The van der Waals surface area contributed by atoms with Crippen molar-refractivity contribution in [1.82, 2.24) is 9.55 Å². The highest BCUT2D eigenvalue weighted by Crippen LogP contribution is 2.14. The van der Waals surface area contributed by atoms with E-state index in [1.807, 2.05) is 27.7 Å². The normalized spacial score (nSPS) is 15.0. The van der Waals surface area contributed by atoms with E-state index in [1.54, 1.807) is 24.0 Å². The Hall–Kier alpha value is -1.17. The zero-order chi connectivity index (χ0) is 14.6. The number of rotatable bonds is 5. The molecule has 0 aliphatic heterocycles. The van der Waals surface area contributed by atoms with Crippen LogP contribution in [0.3, 0.4) is 0 Å². The quantitative estimate of drug-likeness (QED) is 0.776. The van der Waals surface area contributed by atoms with Crippen LogP contribution in [0, 0.1) is 5.92 Å². The van der Waals surface area contributed by atoms with Gasteiger partial charge in [0.1, 0.15) is 5.60 Å². The third-order valence-electron chi connectivity index (χ3n) is 2.35. The number of esters is 1. The Kier molecular flexibility index (Phi) is 5.29. The van der Waals surface area contributed by atoms with E-state index in [1.165, 1.54) is 0 Å². The molecule has 0 aliphatic carbocycles. The SMILES string of the molecule is C[C@H](CC(=O)OC(C)(C)C)CS(=O)c1nccn1C. The van der Waals surface area contributed by atoms with E-state index in [0.717, 1.165) is 0 Å². The van der Waals surface area contributed by atoms with Crippen molar-refractivity contribution >= 4 is 16.8 Å². The van der Waals surface area contributed by atoms with E-state index in [4.69, 9.17) is 4.74 Å². The van der Waals surface area contributed by atoms with Crippen LogP contribution in [0.4, 0.5) is 0 Å². The molecular formula is C13H22N2O3S. The van der Waals surface area contributed by atoms with E-state index >= 15 is 0 Å². The summed E-state index contributed by atoms with van der Waals surface area (Å²) in [5.41, 5.74) is -0.477. The number of aromatic nitrogens is 2. The van der Waals surface area contributed by atoms with Gasteiger partial charge in [0.2, 0.25) is 0 Å². The zero-order valence-electron chi connectivity index (χ0n) is 12.2. The summed E-state index contributed by atoms with van der Waals surface area (Å²) >= 11 is 0. The molecule has 0 saturated heterocycles. The second-order valence-corrected chi connectivity index (χ2v) is 7.12. The fourth-order valence-corrected chi connectivity index (χ4v) is 2.98. The third kappa shape index (κ3) is 5.55. The molecule has 5 nitrogen and oxygen atoms in total. The fourth-order valence-electron chi connectivity index (χ4n) is 1.63. The van der Waals surface area contributed by atoms with Crippen molar-refractivity contribution in [2.24, 2.45) is 13.0 Å². The van der Waals surface area contributed by atoms with Crippen LogP contribution in [-0.2, 0) is 27.4 Å². The first-order chi connectivity index (χ1) is 8.69. The number of carbonyl (C=O) groups is 1. The molecule has 0 aliphatic rings. The monoisotopic (exact) mass is 286 g/mol. The number of nitrogens with zero attached hydrogens (tertiary/aromatic N) is 2. The zero-order valence-corrected chi connectivity index (χ0v) is 13.0. The van der Waals surface area contributed by atoms with Gasteiger partial charge in [-0.3, -0.25) is 9.00 Å². The Balaban J connectivity index is 2.48. The minimum Gasteiger partial charge on any atom is -0.460 e. The number of imidazole rings is 1. The van der Waals surface area contributed by atoms with Gasteiger partial charge in [0.05, 0.1) is 10.8 Å². The van der Waals surface area contributed by atoms with Crippen molar-refractivity contribution in [2.45, 2.75) is 44.9 Å². The first kappa shape index (κ1) is 15.9. The van der Waals surface area contributed by atoms with Crippen LogP contribution in [0.25, 0.3) is 0 Å². The Morgan fingerprint density at radius 3 is 2.63 bits per heavy atom. The maximum absolute atomic E-state index is 12.1. The molecule has 19 heavy (non-hydrogen) atoms. The van der Waals surface area contributed by atoms with Gasteiger partial charge in [-0.1, -0.05) is 6.92 Å². The highest BCUT2D eigenvalue weighted by atomic mass is 32.2. The summed E-state index contributed by atoms with van der Waals surface area (Å²) in [7, 11) is 0.615. The maximum Gasteiger partial charge on any atom is 0.306 e. The van der Waals surface area contributed by atoms with Crippen LogP contribution in [0.15, 0.2) is 17.6 Å². The summed E-state index contributed by atoms with van der Waals surface area (Å²) in [6, 6.07) is 0. The van der Waals surface area contributed by atoms with Crippen LogP contribution in [0.1, 0.15) is 34.1 Å². The molecule has 0 fully saturated rings. The second-order valence-electron chi connectivity index (χ2n) is 5.73. The Labute approximate surface area is 116 Å². The molecule has 0 aromatic carbocycles. The minimum atomic E-state index is -1.19. The lowest BCUT2D eigenvalue weighted by Crippen LogP contribution is -2.26. The predicted octanol–water partition coefficient (Wildman–Crippen LogP) is 1.90. The topological polar surface area (TPSA) is 61.2 Å². The average Bonchev–Trinajstić information content (AvgIpc) is 2.60. The lowest BCUT2D eigenvalue weighted by molar-refractivity contribution is -0.155. The molecule has 0 saturated carbocycles. The molecule has 1 aromatic rings. The average molecular weight is 286 g/mol. The first-order valence-corrected chi connectivity index (χ1v) is 7.58. The Morgan fingerprint density at radius 2 is 2.16 bits per heavy atom. The lowest BCUT2D eigenvalue weighted by Gasteiger charge is -2.20. The van der Waals surface area contributed by atoms with Crippen LogP contribution in [0.2, 0.25) is 0 Å². The summed E-state index contributed by atoms with van der Waals surface area (Å²) in [6.45, 7) is 7.40. The van der Waals surface area contributed by atoms with Gasteiger partial charge in [-0.25, -0.2) is 4.98 Å². The first-order valence-electron chi connectivity index (χ1n) is 6.26. The predicted molar refractivity (Wildman–Crippen MR) is 74.1 cm³/mol. The fraction of sp³-hybridized carbons (Fsp3) is 0.692.